The Kier molecular flexibility index (Phi) is 6.03. The van der Waals surface area contributed by atoms with Gasteiger partial charge < -0.3 is 14.8 Å². The highest BCUT2D eigenvalue weighted by Crippen LogP contribution is 2.15. The number of anilines is 1. The van der Waals surface area contributed by atoms with Crippen molar-refractivity contribution < 1.29 is 9.47 Å². The number of rotatable bonds is 7. The van der Waals surface area contributed by atoms with E-state index >= 15 is 0 Å². The number of hydrogen-bond acceptors (Lipinski definition) is 4. The van der Waals surface area contributed by atoms with Crippen LogP contribution >= 0.6 is 0 Å². The molecule has 118 valence electrons. The molecule has 1 N–H and O–H groups in total. The molecular weight excluding hydrogens is 264 g/mol. The highest BCUT2D eigenvalue weighted by atomic mass is 16.5. The van der Waals surface area contributed by atoms with Gasteiger partial charge in [-0.25, -0.2) is 0 Å². The molecule has 0 saturated carbocycles. The molecule has 0 unspecified atom stereocenters. The predicted octanol–water partition coefficient (Wildman–Crippen LogP) is 2.75. The number of nitrogens with zero attached hydrogens (tertiary/aromatic N) is 1. The average Bonchev–Trinajstić information content (AvgIpc) is 2.50. The molecule has 0 radical (unpaired) electrons. The lowest BCUT2D eigenvalue weighted by atomic mass is 10.1. The van der Waals surface area contributed by atoms with Crippen LogP contribution in [0.4, 0.5) is 5.69 Å². The van der Waals surface area contributed by atoms with E-state index in [0.29, 0.717) is 0 Å². The first-order valence-electron chi connectivity index (χ1n) is 7.77. The Morgan fingerprint density at radius 1 is 1.19 bits per heavy atom. The SMILES string of the molecule is COC(C)(C)CCNc1ccc(CN2CCOCC2)cc1. The van der Waals surface area contributed by atoms with Crippen LogP contribution in [0.2, 0.25) is 0 Å². The van der Waals surface area contributed by atoms with Crippen LogP contribution in [0.5, 0.6) is 0 Å². The summed E-state index contributed by atoms with van der Waals surface area (Å²) in [6, 6.07) is 8.74. The first-order chi connectivity index (χ1) is 10.1. The summed E-state index contributed by atoms with van der Waals surface area (Å²) in [7, 11) is 1.76. The monoisotopic (exact) mass is 292 g/mol. The summed E-state index contributed by atoms with van der Waals surface area (Å²) >= 11 is 0. The van der Waals surface area contributed by atoms with Crippen LogP contribution in [0.1, 0.15) is 25.8 Å². The number of hydrogen-bond donors (Lipinski definition) is 1. The number of methoxy groups -OCH3 is 1. The van der Waals surface area contributed by atoms with Crippen LogP contribution < -0.4 is 5.32 Å². The zero-order valence-electron chi connectivity index (χ0n) is 13.5. The molecule has 1 aliphatic rings. The van der Waals surface area contributed by atoms with Gasteiger partial charge in [-0.3, -0.25) is 4.90 Å². The van der Waals surface area contributed by atoms with Gasteiger partial charge in [0.25, 0.3) is 0 Å². The molecule has 1 saturated heterocycles. The van der Waals surface area contributed by atoms with Crippen molar-refractivity contribution in [1.29, 1.82) is 0 Å². The second-order valence-electron chi connectivity index (χ2n) is 6.23. The molecule has 21 heavy (non-hydrogen) atoms. The van der Waals surface area contributed by atoms with Crippen molar-refractivity contribution in [3.63, 3.8) is 0 Å². The summed E-state index contributed by atoms with van der Waals surface area (Å²) in [5.41, 5.74) is 2.47. The second kappa shape index (κ2) is 7.78. The van der Waals surface area contributed by atoms with Gasteiger partial charge in [0.1, 0.15) is 0 Å². The Bertz CT molecular complexity index is 411. The first kappa shape index (κ1) is 16.3. The van der Waals surface area contributed by atoms with E-state index in [1.165, 1.54) is 11.3 Å². The van der Waals surface area contributed by atoms with E-state index in [-0.39, 0.29) is 5.60 Å². The molecule has 4 heteroatoms. The minimum absolute atomic E-state index is 0.0662. The summed E-state index contributed by atoms with van der Waals surface area (Å²) in [6.07, 6.45) is 0.985. The van der Waals surface area contributed by atoms with Crippen molar-refractivity contribution in [2.45, 2.75) is 32.4 Å². The third kappa shape index (κ3) is 5.65. The van der Waals surface area contributed by atoms with Crippen molar-refractivity contribution in [3.8, 4) is 0 Å². The topological polar surface area (TPSA) is 33.7 Å². The third-order valence-electron chi connectivity index (χ3n) is 4.07. The van der Waals surface area contributed by atoms with Crippen LogP contribution in [0.3, 0.4) is 0 Å². The number of nitrogens with one attached hydrogen (secondary N) is 1. The summed E-state index contributed by atoms with van der Waals surface area (Å²) in [4.78, 5) is 2.44. The number of ether oxygens (including phenoxy) is 2. The maximum Gasteiger partial charge on any atom is 0.0639 e. The van der Waals surface area contributed by atoms with Gasteiger partial charge in [0, 0.05) is 39.0 Å². The molecule has 1 aromatic carbocycles. The maximum atomic E-state index is 5.42. The molecule has 0 aromatic heterocycles. The summed E-state index contributed by atoms with van der Waals surface area (Å²) in [5, 5.41) is 3.45. The summed E-state index contributed by atoms with van der Waals surface area (Å²) < 4.78 is 10.8. The summed E-state index contributed by atoms with van der Waals surface area (Å²) in [6.45, 7) is 9.94. The number of benzene rings is 1. The van der Waals surface area contributed by atoms with Gasteiger partial charge in [0.2, 0.25) is 0 Å². The second-order valence-corrected chi connectivity index (χ2v) is 6.23. The van der Waals surface area contributed by atoms with Crippen molar-refractivity contribution in [3.05, 3.63) is 29.8 Å². The molecule has 2 rings (SSSR count). The van der Waals surface area contributed by atoms with E-state index in [4.69, 9.17) is 9.47 Å². The molecule has 4 nitrogen and oxygen atoms in total. The highest BCUT2D eigenvalue weighted by Gasteiger charge is 2.15. The van der Waals surface area contributed by atoms with Crippen LogP contribution in [0.25, 0.3) is 0 Å². The van der Waals surface area contributed by atoms with Gasteiger partial charge in [-0.2, -0.15) is 0 Å². The zero-order valence-corrected chi connectivity index (χ0v) is 13.5. The van der Waals surface area contributed by atoms with Gasteiger partial charge in [0.05, 0.1) is 18.8 Å². The van der Waals surface area contributed by atoms with Gasteiger partial charge in [-0.05, 0) is 38.0 Å². The van der Waals surface area contributed by atoms with Crippen molar-refractivity contribution in [2.75, 3.05) is 45.3 Å². The van der Waals surface area contributed by atoms with Gasteiger partial charge in [0.15, 0.2) is 0 Å². The molecule has 0 bridgehead atoms. The average molecular weight is 292 g/mol. The quantitative estimate of drug-likeness (QED) is 0.838. The molecule has 0 atom stereocenters. The van der Waals surface area contributed by atoms with Crippen molar-refractivity contribution in [1.82, 2.24) is 4.90 Å². The zero-order chi connectivity index (χ0) is 15.1. The van der Waals surface area contributed by atoms with E-state index in [1.807, 2.05) is 0 Å². The Balaban J connectivity index is 1.76. The molecular formula is C17H28N2O2. The third-order valence-corrected chi connectivity index (χ3v) is 4.07. The molecule has 1 fully saturated rings. The maximum absolute atomic E-state index is 5.42. The van der Waals surface area contributed by atoms with Crippen molar-refractivity contribution >= 4 is 5.69 Å². The minimum Gasteiger partial charge on any atom is -0.385 e. The predicted molar refractivity (Wildman–Crippen MR) is 86.7 cm³/mol. The fourth-order valence-electron chi connectivity index (χ4n) is 2.36. The van der Waals surface area contributed by atoms with Gasteiger partial charge >= 0.3 is 0 Å². The first-order valence-corrected chi connectivity index (χ1v) is 7.77. The fourth-order valence-corrected chi connectivity index (χ4v) is 2.36. The normalized spacial score (nSPS) is 16.9. The Morgan fingerprint density at radius 3 is 2.48 bits per heavy atom. The molecule has 1 heterocycles. The van der Waals surface area contributed by atoms with E-state index in [0.717, 1.165) is 45.8 Å². The number of morpholine rings is 1. The Hall–Kier alpha value is -1.10. The van der Waals surface area contributed by atoms with Crippen LogP contribution in [0.15, 0.2) is 24.3 Å². The van der Waals surface area contributed by atoms with E-state index in [2.05, 4.69) is 48.3 Å². The standard InChI is InChI=1S/C17H28N2O2/c1-17(2,20-3)8-9-18-16-6-4-15(5-7-16)14-19-10-12-21-13-11-19/h4-7,18H,8-14H2,1-3H3. The highest BCUT2D eigenvalue weighted by molar-refractivity contribution is 5.44. The molecule has 0 amide bonds. The van der Waals surface area contributed by atoms with Gasteiger partial charge in [-0.1, -0.05) is 12.1 Å². The van der Waals surface area contributed by atoms with E-state index < -0.39 is 0 Å². The van der Waals surface area contributed by atoms with E-state index in [9.17, 15) is 0 Å². The van der Waals surface area contributed by atoms with Crippen LogP contribution in [-0.2, 0) is 16.0 Å². The largest absolute Gasteiger partial charge is 0.385 e. The van der Waals surface area contributed by atoms with Crippen molar-refractivity contribution in [2.24, 2.45) is 0 Å². The molecule has 1 aliphatic heterocycles. The molecule has 0 spiro atoms. The Morgan fingerprint density at radius 2 is 1.86 bits per heavy atom. The van der Waals surface area contributed by atoms with Crippen LogP contribution in [-0.4, -0.2) is 50.5 Å². The minimum atomic E-state index is -0.0662. The van der Waals surface area contributed by atoms with E-state index in [1.54, 1.807) is 7.11 Å². The lowest BCUT2D eigenvalue weighted by Crippen LogP contribution is -2.35. The summed E-state index contributed by atoms with van der Waals surface area (Å²) in [5.74, 6) is 0. The molecule has 0 aliphatic carbocycles. The Labute approximate surface area is 128 Å². The lowest BCUT2D eigenvalue weighted by molar-refractivity contribution is 0.0185. The van der Waals surface area contributed by atoms with Gasteiger partial charge in [-0.15, -0.1) is 0 Å². The smallest absolute Gasteiger partial charge is 0.0639 e. The molecule has 1 aromatic rings. The lowest BCUT2D eigenvalue weighted by Gasteiger charge is -2.26. The van der Waals surface area contributed by atoms with Crippen LogP contribution in [0, 0.1) is 0 Å². The fraction of sp³-hybridized carbons (Fsp3) is 0.647.